The Morgan fingerprint density at radius 2 is 2.27 bits per heavy atom. The van der Waals surface area contributed by atoms with Gasteiger partial charge >= 0.3 is 5.97 Å². The van der Waals surface area contributed by atoms with Crippen LogP contribution in [-0.4, -0.2) is 28.5 Å². The normalized spacial score (nSPS) is 28.1. The first kappa shape index (κ1) is 15.4. The zero-order chi connectivity index (χ0) is 15.7. The summed E-state index contributed by atoms with van der Waals surface area (Å²) in [5, 5.41) is 4.23. The number of esters is 1. The number of rotatable bonds is 3. The van der Waals surface area contributed by atoms with E-state index in [4.69, 9.17) is 9.47 Å². The van der Waals surface area contributed by atoms with Gasteiger partial charge in [0.25, 0.3) is 0 Å². The summed E-state index contributed by atoms with van der Waals surface area (Å²) in [5.74, 6) is 1.88. The fourth-order valence-electron chi connectivity index (χ4n) is 3.66. The third-order valence-corrected chi connectivity index (χ3v) is 4.98. The Balaban J connectivity index is 1.73. The van der Waals surface area contributed by atoms with Gasteiger partial charge in [0.2, 0.25) is 5.88 Å². The number of nitrogens with zero attached hydrogens (tertiary/aromatic N) is 2. The molecule has 1 aliphatic carbocycles. The maximum Gasteiger partial charge on any atom is 0.345 e. The summed E-state index contributed by atoms with van der Waals surface area (Å²) >= 11 is 0. The summed E-state index contributed by atoms with van der Waals surface area (Å²) in [7, 11) is 0. The first-order chi connectivity index (χ1) is 10.6. The molecule has 0 aromatic carbocycles. The second-order valence-corrected chi connectivity index (χ2v) is 7.06. The van der Waals surface area contributed by atoms with Gasteiger partial charge in [-0.3, -0.25) is 0 Å². The summed E-state index contributed by atoms with van der Waals surface area (Å²) < 4.78 is 13.2. The average Bonchev–Trinajstić information content (AvgIpc) is 2.91. The number of aromatic nitrogens is 2. The molecule has 0 unspecified atom stereocenters. The van der Waals surface area contributed by atoms with Crippen molar-refractivity contribution in [2.75, 3.05) is 6.61 Å². The predicted molar refractivity (Wildman–Crippen MR) is 82.9 cm³/mol. The topological polar surface area (TPSA) is 53.3 Å². The van der Waals surface area contributed by atoms with E-state index in [1.54, 1.807) is 10.9 Å². The maximum atomic E-state index is 12.6. The Morgan fingerprint density at radius 3 is 3.05 bits per heavy atom. The van der Waals surface area contributed by atoms with E-state index in [1.165, 1.54) is 6.42 Å². The van der Waals surface area contributed by atoms with Gasteiger partial charge in [0, 0.05) is 13.0 Å². The van der Waals surface area contributed by atoms with E-state index >= 15 is 0 Å². The fourth-order valence-corrected chi connectivity index (χ4v) is 3.66. The number of carbonyl (C=O) groups excluding carboxylic acids is 1. The van der Waals surface area contributed by atoms with Crippen LogP contribution >= 0.6 is 0 Å². The third-order valence-electron chi connectivity index (χ3n) is 4.98. The van der Waals surface area contributed by atoms with Crippen molar-refractivity contribution < 1.29 is 14.3 Å². The molecular weight excluding hydrogens is 280 g/mol. The van der Waals surface area contributed by atoms with E-state index < -0.39 is 0 Å². The van der Waals surface area contributed by atoms with Crippen LogP contribution in [0, 0.1) is 17.8 Å². The first-order valence-electron chi connectivity index (χ1n) is 8.46. The van der Waals surface area contributed by atoms with Crippen molar-refractivity contribution in [2.24, 2.45) is 17.8 Å². The Kier molecular flexibility index (Phi) is 4.41. The van der Waals surface area contributed by atoms with Gasteiger partial charge in [-0.1, -0.05) is 27.2 Å². The molecule has 0 amide bonds. The first-order valence-corrected chi connectivity index (χ1v) is 8.46. The SMILES string of the molecule is CC(C)[C@H]1CC[C@H](C)C[C@@H]1OC(=O)c1cnn2c1OCCC2. The molecule has 0 saturated heterocycles. The smallest absolute Gasteiger partial charge is 0.345 e. The van der Waals surface area contributed by atoms with Gasteiger partial charge in [-0.15, -0.1) is 0 Å². The number of fused-ring (bicyclic) bond motifs is 1. The Hall–Kier alpha value is -1.52. The predicted octanol–water partition coefficient (Wildman–Crippen LogP) is 3.28. The number of ether oxygens (including phenoxy) is 2. The molecule has 5 nitrogen and oxygen atoms in total. The molecule has 122 valence electrons. The van der Waals surface area contributed by atoms with Crippen molar-refractivity contribution in [3.8, 4) is 5.88 Å². The lowest BCUT2D eigenvalue weighted by Crippen LogP contribution is -2.36. The molecule has 2 heterocycles. The van der Waals surface area contributed by atoms with Crippen LogP contribution in [0.4, 0.5) is 0 Å². The van der Waals surface area contributed by atoms with E-state index in [2.05, 4.69) is 25.9 Å². The lowest BCUT2D eigenvalue weighted by Gasteiger charge is -2.36. The minimum Gasteiger partial charge on any atom is -0.477 e. The highest BCUT2D eigenvalue weighted by Crippen LogP contribution is 2.36. The number of hydrogen-bond acceptors (Lipinski definition) is 4. The molecule has 3 atom stereocenters. The maximum absolute atomic E-state index is 12.6. The van der Waals surface area contributed by atoms with Gasteiger partial charge in [-0.25, -0.2) is 9.48 Å². The molecule has 1 aromatic rings. The highest BCUT2D eigenvalue weighted by molar-refractivity contribution is 5.91. The standard InChI is InChI=1S/C17H26N2O3/c1-11(2)13-6-5-12(3)9-15(13)22-17(20)14-10-18-19-7-4-8-21-16(14)19/h10-13,15H,4-9H2,1-3H3/t12-,13+,15-/m0/s1. The summed E-state index contributed by atoms with van der Waals surface area (Å²) in [6.45, 7) is 8.11. The molecule has 22 heavy (non-hydrogen) atoms. The van der Waals surface area contributed by atoms with Crippen molar-refractivity contribution in [3.63, 3.8) is 0 Å². The van der Waals surface area contributed by atoms with Crippen molar-refractivity contribution in [1.82, 2.24) is 9.78 Å². The van der Waals surface area contributed by atoms with E-state index in [9.17, 15) is 4.79 Å². The molecule has 0 bridgehead atoms. The largest absolute Gasteiger partial charge is 0.477 e. The van der Waals surface area contributed by atoms with Crippen LogP contribution in [0.25, 0.3) is 0 Å². The molecule has 2 aliphatic rings. The molecule has 0 radical (unpaired) electrons. The van der Waals surface area contributed by atoms with Gasteiger partial charge in [-0.05, 0) is 30.6 Å². The van der Waals surface area contributed by atoms with Crippen molar-refractivity contribution >= 4 is 5.97 Å². The highest BCUT2D eigenvalue weighted by Gasteiger charge is 2.34. The Morgan fingerprint density at radius 1 is 1.45 bits per heavy atom. The molecule has 1 saturated carbocycles. The van der Waals surface area contributed by atoms with Crippen LogP contribution < -0.4 is 4.74 Å². The average molecular weight is 306 g/mol. The van der Waals surface area contributed by atoms with E-state index in [-0.39, 0.29) is 12.1 Å². The van der Waals surface area contributed by atoms with Crippen molar-refractivity contribution in [1.29, 1.82) is 0 Å². The van der Waals surface area contributed by atoms with Crippen LogP contribution in [-0.2, 0) is 11.3 Å². The third kappa shape index (κ3) is 2.99. The molecule has 1 aromatic heterocycles. The van der Waals surface area contributed by atoms with Crippen LogP contribution in [0.1, 0.15) is 56.8 Å². The van der Waals surface area contributed by atoms with Crippen molar-refractivity contribution in [3.05, 3.63) is 11.8 Å². The fraction of sp³-hybridized carbons (Fsp3) is 0.765. The molecular formula is C17H26N2O3. The summed E-state index contributed by atoms with van der Waals surface area (Å²) in [4.78, 5) is 12.6. The number of aryl methyl sites for hydroxylation is 1. The molecule has 5 heteroatoms. The van der Waals surface area contributed by atoms with Gasteiger partial charge in [-0.2, -0.15) is 5.10 Å². The Bertz CT molecular complexity index is 538. The lowest BCUT2D eigenvalue weighted by atomic mass is 9.75. The van der Waals surface area contributed by atoms with Crippen LogP contribution in [0.15, 0.2) is 6.20 Å². The zero-order valence-electron chi connectivity index (χ0n) is 13.7. The lowest BCUT2D eigenvalue weighted by molar-refractivity contribution is -0.0177. The van der Waals surface area contributed by atoms with Crippen molar-refractivity contribution in [2.45, 2.75) is 59.1 Å². The number of carbonyl (C=O) groups is 1. The monoisotopic (exact) mass is 306 g/mol. The quantitative estimate of drug-likeness (QED) is 0.804. The highest BCUT2D eigenvalue weighted by atomic mass is 16.5. The zero-order valence-corrected chi connectivity index (χ0v) is 13.7. The van der Waals surface area contributed by atoms with Gasteiger partial charge < -0.3 is 9.47 Å². The molecule has 0 N–H and O–H groups in total. The summed E-state index contributed by atoms with van der Waals surface area (Å²) in [5.41, 5.74) is 0.473. The molecule has 1 aliphatic heterocycles. The molecule has 3 rings (SSSR count). The second-order valence-electron chi connectivity index (χ2n) is 7.06. The van der Waals surface area contributed by atoms with E-state index in [0.717, 1.165) is 25.8 Å². The minimum absolute atomic E-state index is 0.00962. The number of hydrogen-bond donors (Lipinski definition) is 0. The van der Waals surface area contributed by atoms with Gasteiger partial charge in [0.15, 0.2) is 0 Å². The Labute approximate surface area is 132 Å². The second kappa shape index (κ2) is 6.31. The van der Waals surface area contributed by atoms with Crippen LogP contribution in [0.2, 0.25) is 0 Å². The van der Waals surface area contributed by atoms with Gasteiger partial charge in [0.05, 0.1) is 12.8 Å². The van der Waals surface area contributed by atoms with Gasteiger partial charge in [0.1, 0.15) is 11.7 Å². The molecule has 1 fully saturated rings. The molecule has 0 spiro atoms. The minimum atomic E-state index is -0.284. The van der Waals surface area contributed by atoms with E-state index in [0.29, 0.717) is 35.8 Å². The van der Waals surface area contributed by atoms with Crippen LogP contribution in [0.5, 0.6) is 5.88 Å². The van der Waals surface area contributed by atoms with Crippen LogP contribution in [0.3, 0.4) is 0 Å². The summed E-state index contributed by atoms with van der Waals surface area (Å²) in [6.07, 6.45) is 5.84. The summed E-state index contributed by atoms with van der Waals surface area (Å²) in [6, 6.07) is 0. The van der Waals surface area contributed by atoms with E-state index in [1.807, 2.05) is 0 Å².